The molecule has 3 rings (SSSR count). The SMILES string of the molecule is CC1(C)CCc2c1[nH]c1c(F)cc(F)c(F)c21. The number of fused-ring (bicyclic) bond motifs is 3. The van der Waals surface area contributed by atoms with Gasteiger partial charge in [-0.15, -0.1) is 0 Å². The highest BCUT2D eigenvalue weighted by atomic mass is 19.2. The Hall–Kier alpha value is -1.45. The van der Waals surface area contributed by atoms with Gasteiger partial charge in [-0.25, -0.2) is 13.2 Å². The van der Waals surface area contributed by atoms with Crippen LogP contribution < -0.4 is 0 Å². The van der Waals surface area contributed by atoms with E-state index in [1.807, 2.05) is 13.8 Å². The second-order valence-corrected chi connectivity index (χ2v) is 5.27. The topological polar surface area (TPSA) is 15.8 Å². The van der Waals surface area contributed by atoms with E-state index in [2.05, 4.69) is 4.98 Å². The van der Waals surface area contributed by atoms with E-state index in [4.69, 9.17) is 0 Å². The molecule has 90 valence electrons. The maximum absolute atomic E-state index is 13.8. The molecule has 0 radical (unpaired) electrons. The fourth-order valence-corrected chi connectivity index (χ4v) is 2.72. The lowest BCUT2D eigenvalue weighted by atomic mass is 9.91. The van der Waals surface area contributed by atoms with Crippen LogP contribution in [-0.4, -0.2) is 4.98 Å². The van der Waals surface area contributed by atoms with Gasteiger partial charge < -0.3 is 4.98 Å². The van der Waals surface area contributed by atoms with Gasteiger partial charge in [0.25, 0.3) is 0 Å². The summed E-state index contributed by atoms with van der Waals surface area (Å²) in [5.41, 5.74) is 1.50. The van der Waals surface area contributed by atoms with E-state index in [1.54, 1.807) is 0 Å². The normalized spacial score (nSPS) is 17.7. The molecule has 0 saturated carbocycles. The van der Waals surface area contributed by atoms with Crippen LogP contribution in [0.3, 0.4) is 0 Å². The predicted molar refractivity (Wildman–Crippen MR) is 59.5 cm³/mol. The van der Waals surface area contributed by atoms with Crippen molar-refractivity contribution in [1.82, 2.24) is 4.98 Å². The van der Waals surface area contributed by atoms with Crippen molar-refractivity contribution in [3.63, 3.8) is 0 Å². The molecule has 1 aromatic heterocycles. The Labute approximate surface area is 96.6 Å². The summed E-state index contributed by atoms with van der Waals surface area (Å²) < 4.78 is 40.6. The second-order valence-electron chi connectivity index (χ2n) is 5.27. The maximum atomic E-state index is 13.8. The van der Waals surface area contributed by atoms with E-state index in [-0.39, 0.29) is 16.3 Å². The van der Waals surface area contributed by atoms with E-state index < -0.39 is 17.5 Å². The van der Waals surface area contributed by atoms with Gasteiger partial charge in [-0.05, 0) is 18.4 Å². The highest BCUT2D eigenvalue weighted by Crippen LogP contribution is 2.43. The molecule has 0 atom stereocenters. The van der Waals surface area contributed by atoms with Gasteiger partial charge in [0.15, 0.2) is 11.6 Å². The van der Waals surface area contributed by atoms with Crippen molar-refractivity contribution in [1.29, 1.82) is 0 Å². The molecular formula is C13H12F3N. The van der Waals surface area contributed by atoms with E-state index in [0.717, 1.165) is 17.7 Å². The Morgan fingerprint density at radius 3 is 2.59 bits per heavy atom. The summed E-state index contributed by atoms with van der Waals surface area (Å²) in [7, 11) is 0. The monoisotopic (exact) mass is 239 g/mol. The van der Waals surface area contributed by atoms with Crippen LogP contribution in [0.25, 0.3) is 10.9 Å². The molecule has 1 aliphatic rings. The van der Waals surface area contributed by atoms with Gasteiger partial charge >= 0.3 is 0 Å². The van der Waals surface area contributed by atoms with E-state index in [0.29, 0.717) is 12.5 Å². The Kier molecular flexibility index (Phi) is 1.92. The molecule has 0 spiro atoms. The number of halogens is 3. The summed E-state index contributed by atoms with van der Waals surface area (Å²) in [5, 5.41) is 0.0862. The lowest BCUT2D eigenvalue weighted by Crippen LogP contribution is -2.12. The fraction of sp³-hybridized carbons (Fsp3) is 0.385. The molecule has 0 fully saturated rings. The van der Waals surface area contributed by atoms with Crippen molar-refractivity contribution in [2.45, 2.75) is 32.1 Å². The van der Waals surface area contributed by atoms with Gasteiger partial charge in [-0.2, -0.15) is 0 Å². The highest BCUT2D eigenvalue weighted by Gasteiger charge is 2.35. The number of aromatic amines is 1. The third-order valence-electron chi connectivity index (χ3n) is 3.70. The maximum Gasteiger partial charge on any atom is 0.168 e. The fourth-order valence-electron chi connectivity index (χ4n) is 2.72. The van der Waals surface area contributed by atoms with Gasteiger partial charge in [-0.3, -0.25) is 0 Å². The van der Waals surface area contributed by atoms with Crippen LogP contribution in [-0.2, 0) is 11.8 Å². The number of nitrogens with one attached hydrogen (secondary N) is 1. The third kappa shape index (κ3) is 1.27. The van der Waals surface area contributed by atoms with Gasteiger partial charge in [0.1, 0.15) is 5.82 Å². The number of H-pyrrole nitrogens is 1. The zero-order chi connectivity index (χ0) is 12.4. The lowest BCUT2D eigenvalue weighted by Gasteiger charge is -2.16. The molecule has 1 heterocycles. The first-order valence-corrected chi connectivity index (χ1v) is 5.60. The van der Waals surface area contributed by atoms with Crippen molar-refractivity contribution in [2.75, 3.05) is 0 Å². The first kappa shape index (κ1) is 10.7. The van der Waals surface area contributed by atoms with Crippen LogP contribution in [0.15, 0.2) is 6.07 Å². The van der Waals surface area contributed by atoms with Crippen LogP contribution in [0, 0.1) is 17.5 Å². The summed E-state index contributed by atoms with van der Waals surface area (Å²) in [4.78, 5) is 2.92. The first-order chi connectivity index (χ1) is 7.92. The number of rotatable bonds is 0. The molecule has 0 unspecified atom stereocenters. The zero-order valence-electron chi connectivity index (χ0n) is 9.63. The standard InChI is InChI=1S/C13H12F3N/c1-13(2)4-3-6-9-10(16)7(14)5-8(15)11(9)17-12(6)13/h5,17H,3-4H2,1-2H3. The third-order valence-corrected chi connectivity index (χ3v) is 3.70. The number of aromatic nitrogens is 1. The Bertz CT molecular complexity index is 625. The molecule has 0 bridgehead atoms. The predicted octanol–water partition coefficient (Wildman–Crippen LogP) is 3.81. The van der Waals surface area contributed by atoms with Crippen LogP contribution in [0.4, 0.5) is 13.2 Å². The number of aryl methyl sites for hydroxylation is 1. The quantitative estimate of drug-likeness (QED) is 0.673. The Balaban J connectivity index is 2.46. The minimum atomic E-state index is -1.12. The van der Waals surface area contributed by atoms with Crippen LogP contribution in [0.1, 0.15) is 31.5 Å². The minimum Gasteiger partial charge on any atom is -0.355 e. The van der Waals surface area contributed by atoms with Gasteiger partial charge in [0.2, 0.25) is 0 Å². The molecule has 0 amide bonds. The van der Waals surface area contributed by atoms with Crippen molar-refractivity contribution in [3.8, 4) is 0 Å². The molecule has 1 N–H and O–H groups in total. The lowest BCUT2D eigenvalue weighted by molar-refractivity contribution is 0.501. The summed E-state index contributed by atoms with van der Waals surface area (Å²) >= 11 is 0. The minimum absolute atomic E-state index is 0.0849. The smallest absolute Gasteiger partial charge is 0.168 e. The zero-order valence-corrected chi connectivity index (χ0v) is 9.63. The number of hydrogen-bond donors (Lipinski definition) is 1. The molecule has 2 aromatic rings. The van der Waals surface area contributed by atoms with Gasteiger partial charge in [0, 0.05) is 22.6 Å². The van der Waals surface area contributed by atoms with Crippen LogP contribution in [0.2, 0.25) is 0 Å². The summed E-state index contributed by atoms with van der Waals surface area (Å²) in [6.07, 6.45) is 1.52. The summed E-state index contributed by atoms with van der Waals surface area (Å²) in [5.74, 6) is -2.80. The molecule has 1 aromatic carbocycles. The van der Waals surface area contributed by atoms with Crippen LogP contribution >= 0.6 is 0 Å². The molecule has 4 heteroatoms. The van der Waals surface area contributed by atoms with E-state index in [1.165, 1.54) is 0 Å². The molecular weight excluding hydrogens is 227 g/mol. The van der Waals surface area contributed by atoms with Crippen molar-refractivity contribution >= 4 is 10.9 Å². The molecule has 17 heavy (non-hydrogen) atoms. The van der Waals surface area contributed by atoms with Gasteiger partial charge in [0.05, 0.1) is 5.52 Å². The Morgan fingerprint density at radius 2 is 1.88 bits per heavy atom. The van der Waals surface area contributed by atoms with Crippen molar-refractivity contribution in [2.24, 2.45) is 0 Å². The average molecular weight is 239 g/mol. The molecule has 0 aliphatic heterocycles. The first-order valence-electron chi connectivity index (χ1n) is 5.60. The van der Waals surface area contributed by atoms with E-state index in [9.17, 15) is 13.2 Å². The Morgan fingerprint density at radius 1 is 1.18 bits per heavy atom. The summed E-state index contributed by atoms with van der Waals surface area (Å²) in [6, 6.07) is 0.594. The van der Waals surface area contributed by atoms with Gasteiger partial charge in [-0.1, -0.05) is 13.8 Å². The van der Waals surface area contributed by atoms with Crippen LogP contribution in [0.5, 0.6) is 0 Å². The number of hydrogen-bond acceptors (Lipinski definition) is 0. The van der Waals surface area contributed by atoms with Crippen molar-refractivity contribution in [3.05, 3.63) is 34.8 Å². The van der Waals surface area contributed by atoms with Crippen molar-refractivity contribution < 1.29 is 13.2 Å². The second kappa shape index (κ2) is 3.06. The summed E-state index contributed by atoms with van der Waals surface area (Å²) in [6.45, 7) is 4.03. The highest BCUT2D eigenvalue weighted by molar-refractivity contribution is 5.87. The average Bonchev–Trinajstić information content (AvgIpc) is 2.75. The number of benzene rings is 1. The molecule has 1 nitrogen and oxygen atoms in total. The largest absolute Gasteiger partial charge is 0.355 e. The molecule has 1 aliphatic carbocycles. The van der Waals surface area contributed by atoms with E-state index >= 15 is 0 Å². The molecule has 0 saturated heterocycles.